The van der Waals surface area contributed by atoms with Gasteiger partial charge in [0, 0.05) is 10.6 Å². The summed E-state index contributed by atoms with van der Waals surface area (Å²) in [4.78, 5) is 15.1. The quantitative estimate of drug-likeness (QED) is 0.312. The van der Waals surface area contributed by atoms with Gasteiger partial charge in [0.15, 0.2) is 4.32 Å². The van der Waals surface area contributed by atoms with E-state index in [1.807, 2.05) is 66.7 Å². The number of rotatable bonds is 6. The van der Waals surface area contributed by atoms with Crippen molar-refractivity contribution in [1.29, 1.82) is 0 Å². The molecule has 156 valence electrons. The highest BCUT2D eigenvalue weighted by Gasteiger charge is 2.33. The van der Waals surface area contributed by atoms with Crippen molar-refractivity contribution in [2.45, 2.75) is 6.61 Å². The van der Waals surface area contributed by atoms with Crippen LogP contribution in [0.25, 0.3) is 6.08 Å². The Balaban J connectivity index is 1.50. The van der Waals surface area contributed by atoms with Crippen molar-refractivity contribution in [2.24, 2.45) is 0 Å². The van der Waals surface area contributed by atoms with E-state index >= 15 is 0 Å². The second-order valence-electron chi connectivity index (χ2n) is 6.67. The normalized spacial score (nSPS) is 14.9. The molecular formula is C24H18ClNO3S2. The predicted molar refractivity (Wildman–Crippen MR) is 131 cm³/mol. The van der Waals surface area contributed by atoms with Gasteiger partial charge in [-0.2, -0.15) is 0 Å². The van der Waals surface area contributed by atoms with Crippen molar-refractivity contribution in [3.05, 3.63) is 93.9 Å². The number of anilines is 1. The predicted octanol–water partition coefficient (Wildman–Crippen LogP) is 6.33. The first-order chi connectivity index (χ1) is 15.0. The number of thioether (sulfide) groups is 1. The van der Waals surface area contributed by atoms with Crippen LogP contribution in [0.5, 0.6) is 11.5 Å². The van der Waals surface area contributed by atoms with Gasteiger partial charge in [-0.05, 0) is 54.1 Å². The Bertz CT molecular complexity index is 1160. The summed E-state index contributed by atoms with van der Waals surface area (Å²) in [5, 5.41) is 0.667. The molecule has 0 aliphatic carbocycles. The maximum Gasteiger partial charge on any atom is 0.270 e. The van der Waals surface area contributed by atoms with E-state index in [1.165, 1.54) is 16.7 Å². The third-order valence-electron chi connectivity index (χ3n) is 4.63. The molecule has 3 aromatic rings. The van der Waals surface area contributed by atoms with Gasteiger partial charge >= 0.3 is 0 Å². The minimum absolute atomic E-state index is 0.150. The Morgan fingerprint density at radius 1 is 1.03 bits per heavy atom. The van der Waals surface area contributed by atoms with E-state index in [0.717, 1.165) is 16.9 Å². The summed E-state index contributed by atoms with van der Waals surface area (Å²) >= 11 is 12.9. The molecule has 4 rings (SSSR count). The van der Waals surface area contributed by atoms with Crippen LogP contribution in [0.2, 0.25) is 5.02 Å². The highest BCUT2D eigenvalue weighted by Crippen LogP contribution is 2.36. The molecule has 4 nitrogen and oxygen atoms in total. The fraction of sp³-hybridized carbons (Fsp3) is 0.0833. The molecule has 0 N–H and O–H groups in total. The fourth-order valence-corrected chi connectivity index (χ4v) is 4.53. The van der Waals surface area contributed by atoms with Crippen molar-refractivity contribution < 1.29 is 14.3 Å². The van der Waals surface area contributed by atoms with E-state index in [2.05, 4.69) is 0 Å². The second-order valence-corrected chi connectivity index (χ2v) is 8.75. The summed E-state index contributed by atoms with van der Waals surface area (Å²) in [6, 6.07) is 22.4. The third-order valence-corrected chi connectivity index (χ3v) is 6.30. The highest BCUT2D eigenvalue weighted by atomic mass is 35.5. The Hall–Kier alpha value is -2.80. The Morgan fingerprint density at radius 2 is 1.81 bits per heavy atom. The lowest BCUT2D eigenvalue weighted by molar-refractivity contribution is -0.113. The van der Waals surface area contributed by atoms with E-state index in [1.54, 1.807) is 19.2 Å². The van der Waals surface area contributed by atoms with E-state index in [9.17, 15) is 4.79 Å². The molecule has 3 aromatic carbocycles. The smallest absolute Gasteiger partial charge is 0.270 e. The van der Waals surface area contributed by atoms with Crippen LogP contribution in [-0.2, 0) is 11.4 Å². The lowest BCUT2D eigenvalue weighted by Crippen LogP contribution is -2.27. The van der Waals surface area contributed by atoms with Crippen LogP contribution in [0.15, 0.2) is 77.7 Å². The number of hydrogen-bond acceptors (Lipinski definition) is 5. The van der Waals surface area contributed by atoms with Gasteiger partial charge in [0.25, 0.3) is 5.91 Å². The topological polar surface area (TPSA) is 38.8 Å². The average Bonchev–Trinajstić information content (AvgIpc) is 3.06. The molecule has 7 heteroatoms. The van der Waals surface area contributed by atoms with Crippen LogP contribution in [0.3, 0.4) is 0 Å². The van der Waals surface area contributed by atoms with E-state index < -0.39 is 0 Å². The summed E-state index contributed by atoms with van der Waals surface area (Å²) in [5.41, 5.74) is 2.48. The maximum absolute atomic E-state index is 13.0. The number of halogens is 1. The number of ether oxygens (including phenoxy) is 2. The Labute approximate surface area is 195 Å². The van der Waals surface area contributed by atoms with Crippen molar-refractivity contribution in [1.82, 2.24) is 0 Å². The molecule has 1 saturated heterocycles. The van der Waals surface area contributed by atoms with Crippen molar-refractivity contribution in [3.8, 4) is 11.5 Å². The van der Waals surface area contributed by atoms with E-state index in [0.29, 0.717) is 32.3 Å². The van der Waals surface area contributed by atoms with Crippen LogP contribution < -0.4 is 14.4 Å². The molecule has 0 spiro atoms. The van der Waals surface area contributed by atoms with Crippen LogP contribution in [0.1, 0.15) is 11.1 Å². The molecule has 0 saturated carbocycles. The van der Waals surface area contributed by atoms with Gasteiger partial charge in [-0.1, -0.05) is 65.9 Å². The molecule has 0 aromatic heterocycles. The largest absolute Gasteiger partial charge is 0.497 e. The summed E-state index contributed by atoms with van der Waals surface area (Å²) in [7, 11) is 1.60. The van der Waals surface area contributed by atoms with Gasteiger partial charge in [-0.25, -0.2) is 0 Å². The number of carbonyl (C=O) groups excluding carboxylic acids is 1. The summed E-state index contributed by atoms with van der Waals surface area (Å²) in [6.45, 7) is 0.364. The fourth-order valence-electron chi connectivity index (χ4n) is 3.04. The molecule has 1 heterocycles. The number of methoxy groups -OCH3 is 1. The number of carbonyl (C=O) groups is 1. The molecule has 0 unspecified atom stereocenters. The molecule has 0 atom stereocenters. The minimum atomic E-state index is -0.150. The lowest BCUT2D eigenvalue weighted by Gasteiger charge is -2.14. The number of amides is 1. The zero-order valence-electron chi connectivity index (χ0n) is 16.6. The molecule has 31 heavy (non-hydrogen) atoms. The summed E-state index contributed by atoms with van der Waals surface area (Å²) in [5.74, 6) is 1.26. The zero-order valence-corrected chi connectivity index (χ0v) is 19.0. The minimum Gasteiger partial charge on any atom is -0.497 e. The second kappa shape index (κ2) is 9.56. The zero-order chi connectivity index (χ0) is 21.8. The van der Waals surface area contributed by atoms with Gasteiger partial charge in [0.05, 0.1) is 17.7 Å². The molecule has 1 amide bonds. The van der Waals surface area contributed by atoms with E-state index in [4.69, 9.17) is 33.3 Å². The Kier molecular flexibility index (Phi) is 6.61. The molecule has 0 bridgehead atoms. The first-order valence-electron chi connectivity index (χ1n) is 9.43. The van der Waals surface area contributed by atoms with Crippen LogP contribution in [0, 0.1) is 0 Å². The van der Waals surface area contributed by atoms with Gasteiger partial charge in [0.2, 0.25) is 0 Å². The van der Waals surface area contributed by atoms with Crippen LogP contribution in [0.4, 0.5) is 5.69 Å². The summed E-state index contributed by atoms with van der Waals surface area (Å²) in [6.07, 6.45) is 1.82. The monoisotopic (exact) mass is 467 g/mol. The maximum atomic E-state index is 13.0. The van der Waals surface area contributed by atoms with Gasteiger partial charge in [0.1, 0.15) is 18.1 Å². The molecule has 0 radical (unpaired) electrons. The summed E-state index contributed by atoms with van der Waals surface area (Å²) < 4.78 is 11.6. The van der Waals surface area contributed by atoms with Crippen molar-refractivity contribution in [2.75, 3.05) is 12.0 Å². The van der Waals surface area contributed by atoms with Crippen LogP contribution in [-0.4, -0.2) is 17.3 Å². The SMILES string of the molecule is COc1ccc(N2C(=O)/C(=C\c3cccc(OCc4ccccc4Cl)c3)SC2=S)cc1. The molecule has 1 aliphatic heterocycles. The number of nitrogens with zero attached hydrogens (tertiary/aromatic N) is 1. The number of benzene rings is 3. The molecular weight excluding hydrogens is 450 g/mol. The number of hydrogen-bond donors (Lipinski definition) is 0. The highest BCUT2D eigenvalue weighted by molar-refractivity contribution is 8.27. The van der Waals surface area contributed by atoms with Crippen molar-refractivity contribution in [3.63, 3.8) is 0 Å². The van der Waals surface area contributed by atoms with Gasteiger partial charge in [-0.3, -0.25) is 9.69 Å². The Morgan fingerprint density at radius 3 is 2.55 bits per heavy atom. The third kappa shape index (κ3) is 4.93. The molecule has 1 fully saturated rings. The van der Waals surface area contributed by atoms with Gasteiger partial charge in [-0.15, -0.1) is 0 Å². The van der Waals surface area contributed by atoms with Crippen LogP contribution >= 0.6 is 35.6 Å². The molecule has 1 aliphatic rings. The average molecular weight is 468 g/mol. The standard InChI is InChI=1S/C24H18ClNO3S2/c1-28-19-11-9-18(10-12-19)26-23(27)22(31-24(26)30)14-16-5-4-7-20(13-16)29-15-17-6-2-3-8-21(17)25/h2-14H,15H2,1H3/b22-14+. The first kappa shape index (κ1) is 21.4. The van der Waals surface area contributed by atoms with E-state index in [-0.39, 0.29) is 5.91 Å². The lowest BCUT2D eigenvalue weighted by atomic mass is 10.2. The van der Waals surface area contributed by atoms with Gasteiger partial charge < -0.3 is 9.47 Å². The number of thiocarbonyl (C=S) groups is 1. The van der Waals surface area contributed by atoms with Crippen molar-refractivity contribution >= 4 is 57.6 Å². The first-order valence-corrected chi connectivity index (χ1v) is 11.0.